The minimum Gasteiger partial charge on any atom is -0.322 e. The molecule has 0 radical (unpaired) electrons. The van der Waals surface area contributed by atoms with Crippen molar-refractivity contribution in [1.29, 1.82) is 0 Å². The molecule has 0 bridgehead atoms. The molecule has 1 aromatic heterocycles. The van der Waals surface area contributed by atoms with E-state index in [2.05, 4.69) is 33.8 Å². The number of amides is 1. The first-order valence-electron chi connectivity index (χ1n) is 7.84. The number of hydrogen-bond acceptors (Lipinski definition) is 3. The van der Waals surface area contributed by atoms with Crippen molar-refractivity contribution in [2.45, 2.75) is 26.4 Å². The lowest BCUT2D eigenvalue weighted by Crippen LogP contribution is -2.12. The number of H-pyrrole nitrogens is 1. The van der Waals surface area contributed by atoms with Gasteiger partial charge in [-0.2, -0.15) is 5.10 Å². The van der Waals surface area contributed by atoms with Crippen LogP contribution in [0.4, 0.5) is 5.69 Å². The summed E-state index contributed by atoms with van der Waals surface area (Å²) in [6.07, 6.45) is 2.61. The Hall–Kier alpha value is -2.66. The second-order valence-corrected chi connectivity index (χ2v) is 5.86. The molecule has 0 spiro atoms. The Bertz CT molecular complexity index is 897. The topological polar surface area (TPSA) is 69.8 Å². The van der Waals surface area contributed by atoms with E-state index in [0.717, 1.165) is 41.7 Å². The van der Waals surface area contributed by atoms with E-state index in [4.69, 9.17) is 0 Å². The first-order valence-corrected chi connectivity index (χ1v) is 7.84. The van der Waals surface area contributed by atoms with Gasteiger partial charge in [0.1, 0.15) is 0 Å². The van der Waals surface area contributed by atoms with E-state index in [1.807, 2.05) is 24.3 Å². The molecular formula is C18H18N4O. The molecular weight excluding hydrogens is 288 g/mol. The Morgan fingerprint density at radius 3 is 2.96 bits per heavy atom. The number of anilines is 1. The summed E-state index contributed by atoms with van der Waals surface area (Å²) >= 11 is 0. The molecule has 116 valence electrons. The fraction of sp³-hybridized carbons (Fsp3) is 0.222. The highest BCUT2D eigenvalue weighted by Gasteiger charge is 2.14. The predicted molar refractivity (Wildman–Crippen MR) is 90.4 cm³/mol. The Morgan fingerprint density at radius 1 is 1.22 bits per heavy atom. The molecule has 3 aromatic rings. The number of nitrogens with one attached hydrogen (secondary N) is 3. The summed E-state index contributed by atoms with van der Waals surface area (Å²) < 4.78 is 0. The van der Waals surface area contributed by atoms with Gasteiger partial charge in [-0.15, -0.1) is 0 Å². The minimum atomic E-state index is -0.0892. The third-order valence-electron chi connectivity index (χ3n) is 4.37. The zero-order chi connectivity index (χ0) is 15.8. The van der Waals surface area contributed by atoms with Crippen molar-refractivity contribution < 1.29 is 4.79 Å². The molecule has 5 nitrogen and oxygen atoms in total. The number of carbonyl (C=O) groups excluding carboxylic acids is 1. The van der Waals surface area contributed by atoms with Gasteiger partial charge in [0.15, 0.2) is 0 Å². The summed E-state index contributed by atoms with van der Waals surface area (Å²) in [7, 11) is 0. The lowest BCUT2D eigenvalue weighted by molar-refractivity contribution is 0.102. The molecule has 2 aromatic carbocycles. The Labute approximate surface area is 134 Å². The van der Waals surface area contributed by atoms with Gasteiger partial charge in [0.05, 0.1) is 11.7 Å². The van der Waals surface area contributed by atoms with Crippen LogP contribution in [0.5, 0.6) is 0 Å². The Morgan fingerprint density at radius 2 is 2.09 bits per heavy atom. The van der Waals surface area contributed by atoms with Gasteiger partial charge in [-0.25, -0.2) is 0 Å². The van der Waals surface area contributed by atoms with Crippen molar-refractivity contribution in [3.8, 4) is 0 Å². The van der Waals surface area contributed by atoms with E-state index < -0.39 is 0 Å². The fourth-order valence-corrected chi connectivity index (χ4v) is 3.12. The first kappa shape index (κ1) is 14.0. The summed E-state index contributed by atoms with van der Waals surface area (Å²) in [6.45, 7) is 3.84. The average molecular weight is 306 g/mol. The molecule has 23 heavy (non-hydrogen) atoms. The van der Waals surface area contributed by atoms with Gasteiger partial charge in [0.25, 0.3) is 5.91 Å². The zero-order valence-corrected chi connectivity index (χ0v) is 12.9. The molecule has 0 saturated carbocycles. The van der Waals surface area contributed by atoms with Crippen molar-refractivity contribution in [1.82, 2.24) is 15.5 Å². The minimum absolute atomic E-state index is 0.0892. The van der Waals surface area contributed by atoms with E-state index in [9.17, 15) is 4.79 Å². The summed E-state index contributed by atoms with van der Waals surface area (Å²) in [5.41, 5.74) is 6.16. The number of fused-ring (bicyclic) bond motifs is 2. The fourth-order valence-electron chi connectivity index (χ4n) is 3.12. The molecule has 1 aliphatic rings. The largest absolute Gasteiger partial charge is 0.322 e. The lowest BCUT2D eigenvalue weighted by atomic mass is 10.0. The molecule has 0 aliphatic carbocycles. The van der Waals surface area contributed by atoms with Crippen LogP contribution >= 0.6 is 0 Å². The van der Waals surface area contributed by atoms with Gasteiger partial charge in [0, 0.05) is 29.7 Å². The number of rotatable bonds is 3. The molecule has 0 fully saturated rings. The smallest absolute Gasteiger partial charge is 0.255 e. The average Bonchev–Trinajstić information content (AvgIpc) is 3.21. The van der Waals surface area contributed by atoms with Gasteiger partial charge in [-0.3, -0.25) is 9.89 Å². The first-order chi connectivity index (χ1) is 11.2. The predicted octanol–water partition coefficient (Wildman–Crippen LogP) is 2.98. The monoisotopic (exact) mass is 306 g/mol. The number of hydrogen-bond donors (Lipinski definition) is 3. The van der Waals surface area contributed by atoms with Crippen LogP contribution in [0.2, 0.25) is 0 Å². The molecule has 0 unspecified atom stereocenters. The SMILES string of the molecule is CCc1cc(C(=O)Nc2ccc3c(c2)CNC3)cc2cn[nH]c12. The van der Waals surface area contributed by atoms with E-state index in [0.29, 0.717) is 5.56 Å². The highest BCUT2D eigenvalue weighted by molar-refractivity contribution is 6.06. The highest BCUT2D eigenvalue weighted by atomic mass is 16.1. The summed E-state index contributed by atoms with van der Waals surface area (Å²) in [4.78, 5) is 12.6. The molecule has 3 N–H and O–H groups in total. The number of aromatic nitrogens is 2. The zero-order valence-electron chi connectivity index (χ0n) is 12.9. The molecule has 1 amide bonds. The summed E-state index contributed by atoms with van der Waals surface area (Å²) in [6, 6.07) is 9.89. The summed E-state index contributed by atoms with van der Waals surface area (Å²) in [5.74, 6) is -0.0892. The lowest BCUT2D eigenvalue weighted by Gasteiger charge is -2.09. The normalized spacial score (nSPS) is 13.3. The van der Waals surface area contributed by atoms with E-state index >= 15 is 0 Å². The van der Waals surface area contributed by atoms with Crippen molar-refractivity contribution in [3.63, 3.8) is 0 Å². The maximum atomic E-state index is 12.6. The standard InChI is InChI=1S/C18H18N4O/c1-2-11-5-13(6-15-10-20-22-17(11)15)18(23)21-16-4-3-12-8-19-9-14(12)7-16/h3-7,10,19H,2,8-9H2,1H3,(H,20,22)(H,21,23). The third kappa shape index (κ3) is 2.49. The third-order valence-corrected chi connectivity index (χ3v) is 4.37. The molecule has 0 atom stereocenters. The molecule has 5 heteroatoms. The van der Waals surface area contributed by atoms with Gasteiger partial charge < -0.3 is 10.6 Å². The molecule has 2 heterocycles. The maximum Gasteiger partial charge on any atom is 0.255 e. The van der Waals surface area contributed by atoms with Crippen molar-refractivity contribution >= 4 is 22.5 Å². The quantitative estimate of drug-likeness (QED) is 0.697. The Balaban J connectivity index is 1.64. The number of aromatic amines is 1. The number of benzene rings is 2. The summed E-state index contributed by atoms with van der Waals surface area (Å²) in [5, 5.41) is 14.3. The number of aryl methyl sites for hydroxylation is 1. The second kappa shape index (κ2) is 5.52. The van der Waals surface area contributed by atoms with Gasteiger partial charge in [0.2, 0.25) is 0 Å². The van der Waals surface area contributed by atoms with Crippen LogP contribution in [-0.2, 0) is 19.5 Å². The number of nitrogens with zero attached hydrogens (tertiary/aromatic N) is 1. The van der Waals surface area contributed by atoms with Crippen LogP contribution in [0.15, 0.2) is 36.5 Å². The van der Waals surface area contributed by atoms with Crippen molar-refractivity contribution in [2.24, 2.45) is 0 Å². The van der Waals surface area contributed by atoms with Crippen LogP contribution in [0, 0.1) is 0 Å². The molecule has 0 saturated heterocycles. The van der Waals surface area contributed by atoms with Gasteiger partial charge in [-0.1, -0.05) is 13.0 Å². The van der Waals surface area contributed by atoms with Crippen molar-refractivity contribution in [3.05, 3.63) is 58.8 Å². The highest BCUT2D eigenvalue weighted by Crippen LogP contribution is 2.23. The maximum absolute atomic E-state index is 12.6. The number of carbonyl (C=O) groups is 1. The van der Waals surface area contributed by atoms with Crippen LogP contribution in [-0.4, -0.2) is 16.1 Å². The van der Waals surface area contributed by atoms with E-state index in [-0.39, 0.29) is 5.91 Å². The van der Waals surface area contributed by atoms with Gasteiger partial charge >= 0.3 is 0 Å². The van der Waals surface area contributed by atoms with Crippen LogP contribution in [0.25, 0.3) is 10.9 Å². The van der Waals surface area contributed by atoms with Crippen LogP contribution in [0.1, 0.15) is 34.0 Å². The van der Waals surface area contributed by atoms with Crippen LogP contribution in [0.3, 0.4) is 0 Å². The van der Waals surface area contributed by atoms with E-state index in [1.54, 1.807) is 6.20 Å². The van der Waals surface area contributed by atoms with Crippen LogP contribution < -0.4 is 10.6 Å². The van der Waals surface area contributed by atoms with Gasteiger partial charge in [-0.05, 0) is 47.4 Å². The molecule has 4 rings (SSSR count). The molecule has 1 aliphatic heterocycles. The van der Waals surface area contributed by atoms with E-state index in [1.165, 1.54) is 11.1 Å². The second-order valence-electron chi connectivity index (χ2n) is 5.86. The Kier molecular flexibility index (Phi) is 3.35. The van der Waals surface area contributed by atoms with Crippen molar-refractivity contribution in [2.75, 3.05) is 5.32 Å².